The number of carbonyl (C=O) groups excluding carboxylic acids is 3. The van der Waals surface area contributed by atoms with Gasteiger partial charge in [-0.05, 0) is 63.1 Å². The quantitative estimate of drug-likeness (QED) is 0.0417. The third-order valence-electron chi connectivity index (χ3n) is 7.34. The van der Waals surface area contributed by atoms with Gasteiger partial charge in [0.25, 0.3) is 5.91 Å². The number of aliphatic imine (C=N–C) groups is 1. The topological polar surface area (TPSA) is 126 Å². The second kappa shape index (κ2) is 26.3. The van der Waals surface area contributed by atoms with E-state index in [9.17, 15) is 14.4 Å². The fraction of sp³-hybridized carbons (Fsp3) is 0.639. The molecule has 44 heavy (non-hydrogen) atoms. The van der Waals surface area contributed by atoms with Crippen LogP contribution >= 0.6 is 0 Å². The smallest absolute Gasteiger partial charge is 0.251 e. The molecule has 0 saturated carbocycles. The largest absolute Gasteiger partial charge is 0.352 e. The van der Waals surface area contributed by atoms with Crippen molar-refractivity contribution < 1.29 is 14.4 Å². The van der Waals surface area contributed by atoms with Crippen LogP contribution in [0.4, 0.5) is 0 Å². The first-order chi connectivity index (χ1) is 21.4. The number of unbranched alkanes of at least 4 members (excludes halogenated alkanes) is 11. The molecule has 246 valence electrons. The van der Waals surface area contributed by atoms with E-state index in [-0.39, 0.29) is 23.8 Å². The van der Waals surface area contributed by atoms with Gasteiger partial charge in [0.1, 0.15) is 12.5 Å². The molecule has 0 aliphatic carbocycles. The maximum absolute atomic E-state index is 12.8. The van der Waals surface area contributed by atoms with Gasteiger partial charge in [-0.25, -0.2) is 0 Å². The Balaban J connectivity index is 2.22. The first-order valence-corrected chi connectivity index (χ1v) is 17.0. The molecule has 5 N–H and O–H groups in total. The average Bonchev–Trinajstić information content (AvgIpc) is 3.01. The molecule has 8 heteroatoms. The van der Waals surface area contributed by atoms with Gasteiger partial charge < -0.3 is 21.7 Å². The van der Waals surface area contributed by atoms with E-state index in [1.807, 2.05) is 19.1 Å². The van der Waals surface area contributed by atoms with Gasteiger partial charge in [0.05, 0.1) is 20.0 Å². The Morgan fingerprint density at radius 2 is 1.48 bits per heavy atom. The summed E-state index contributed by atoms with van der Waals surface area (Å²) in [6.45, 7) is 9.08. The monoisotopic (exact) mass is 610 g/mol. The predicted molar refractivity (Wildman–Crippen MR) is 184 cm³/mol. The van der Waals surface area contributed by atoms with E-state index < -0.39 is 6.04 Å². The summed E-state index contributed by atoms with van der Waals surface area (Å²) in [6, 6.07) is 6.28. The number of nitrogens with zero attached hydrogens (tertiary/aromatic N) is 1. The lowest BCUT2D eigenvalue weighted by Crippen LogP contribution is -2.49. The molecule has 0 spiro atoms. The summed E-state index contributed by atoms with van der Waals surface area (Å²) < 4.78 is 0. The zero-order valence-corrected chi connectivity index (χ0v) is 27.6. The summed E-state index contributed by atoms with van der Waals surface area (Å²) in [5.41, 5.74) is 7.40. The molecule has 0 saturated heterocycles. The lowest BCUT2D eigenvalue weighted by atomic mass is 10.1. The minimum absolute atomic E-state index is 0.107. The van der Waals surface area contributed by atoms with Crippen molar-refractivity contribution >= 4 is 23.9 Å². The van der Waals surface area contributed by atoms with Crippen LogP contribution in [-0.4, -0.2) is 55.7 Å². The minimum Gasteiger partial charge on any atom is -0.352 e. The molecule has 1 aromatic carbocycles. The van der Waals surface area contributed by atoms with Crippen LogP contribution in [0, 0.1) is 6.92 Å². The maximum atomic E-state index is 12.8. The fourth-order valence-corrected chi connectivity index (χ4v) is 4.79. The van der Waals surface area contributed by atoms with Crippen molar-refractivity contribution in [1.82, 2.24) is 16.0 Å². The van der Waals surface area contributed by atoms with Gasteiger partial charge in [-0.15, -0.1) is 0 Å². The number of rotatable bonds is 26. The number of amides is 3. The zero-order valence-electron chi connectivity index (χ0n) is 27.6. The first kappa shape index (κ1) is 38.9. The summed E-state index contributed by atoms with van der Waals surface area (Å²) in [6.07, 6.45) is 23.6. The highest BCUT2D eigenvalue weighted by atomic mass is 16.2. The molecule has 3 amide bonds. The van der Waals surface area contributed by atoms with Crippen molar-refractivity contribution in [2.75, 3.05) is 19.6 Å². The van der Waals surface area contributed by atoms with E-state index in [0.29, 0.717) is 44.5 Å². The minimum atomic E-state index is -0.656. The Labute approximate surface area is 267 Å². The molecule has 0 heterocycles. The summed E-state index contributed by atoms with van der Waals surface area (Å²) >= 11 is 0. The van der Waals surface area contributed by atoms with Crippen LogP contribution in [0.5, 0.6) is 0 Å². The van der Waals surface area contributed by atoms with Gasteiger partial charge in [0, 0.05) is 30.8 Å². The molecule has 0 bridgehead atoms. The van der Waals surface area contributed by atoms with Crippen LogP contribution in [0.25, 0.3) is 0 Å². The molecule has 0 radical (unpaired) electrons. The van der Waals surface area contributed by atoms with E-state index >= 15 is 0 Å². The Morgan fingerprint density at radius 3 is 2.09 bits per heavy atom. The van der Waals surface area contributed by atoms with E-state index in [1.54, 1.807) is 18.3 Å². The summed E-state index contributed by atoms with van der Waals surface area (Å²) in [4.78, 5) is 41.6. The molecule has 0 aliphatic rings. The molecule has 2 unspecified atom stereocenters. The molecule has 0 fully saturated rings. The number of hydrogen-bond donors (Lipinski definition) is 4. The van der Waals surface area contributed by atoms with Gasteiger partial charge in [-0.3, -0.25) is 19.4 Å². The number of benzene rings is 1. The van der Waals surface area contributed by atoms with Crippen molar-refractivity contribution in [3.05, 3.63) is 54.5 Å². The molecule has 1 rings (SSSR count). The van der Waals surface area contributed by atoms with Gasteiger partial charge in [0.15, 0.2) is 0 Å². The normalized spacial score (nSPS) is 12.8. The third kappa shape index (κ3) is 20.7. The lowest BCUT2D eigenvalue weighted by Gasteiger charge is -2.20. The van der Waals surface area contributed by atoms with E-state index in [2.05, 4.69) is 46.9 Å². The number of carbonyl (C=O) groups is 3. The van der Waals surface area contributed by atoms with Gasteiger partial charge in [0.2, 0.25) is 11.8 Å². The molecule has 0 aliphatic heterocycles. The summed E-state index contributed by atoms with van der Waals surface area (Å²) in [5, 5.41) is 8.53. The van der Waals surface area contributed by atoms with E-state index in [4.69, 9.17) is 5.73 Å². The molecule has 8 nitrogen and oxygen atoms in total. The highest BCUT2D eigenvalue weighted by Gasteiger charge is 2.21. The molecule has 1 aromatic rings. The Morgan fingerprint density at radius 1 is 0.864 bits per heavy atom. The Hall–Kier alpha value is -3.13. The van der Waals surface area contributed by atoms with Crippen LogP contribution in [0.15, 0.2) is 41.4 Å². The number of allylic oxidation sites excluding steroid dienone is 2. The Bertz CT molecular complexity index is 959. The fourth-order valence-electron chi connectivity index (χ4n) is 4.79. The van der Waals surface area contributed by atoms with Crippen molar-refractivity contribution in [2.45, 2.75) is 129 Å². The predicted octanol–water partition coefficient (Wildman–Crippen LogP) is 6.44. The Kier molecular flexibility index (Phi) is 23.2. The van der Waals surface area contributed by atoms with Gasteiger partial charge >= 0.3 is 0 Å². The molecular formula is C36H60N5O3+. The standard InChI is InChI=1S/C36H59N5O3/c1-4-6-7-8-9-10-11-12-13-14-15-16-17-18-19-20-34(42)41-33(28-30(3)37)36(44)40-27-26-38-29-31-21-23-32(24-22-31)35(43)39-25-5-2/h12-13,21-24,29-30,33H,2,4-11,14-20,25-28,37H2,1,3H3,(H2-,39,40,41,42,43,44)/p+1/b13-12-,38-29?. The molecular weight excluding hydrogens is 550 g/mol. The second-order valence-corrected chi connectivity index (χ2v) is 11.7. The molecule has 2 atom stereocenters. The van der Waals surface area contributed by atoms with Crippen molar-refractivity contribution in [1.29, 1.82) is 0 Å². The summed E-state index contributed by atoms with van der Waals surface area (Å²) in [5.74, 6) is -0.473. The highest BCUT2D eigenvalue weighted by Crippen LogP contribution is 2.10. The van der Waals surface area contributed by atoms with Crippen LogP contribution in [0.1, 0.15) is 133 Å². The first-order valence-electron chi connectivity index (χ1n) is 17.0. The lowest BCUT2D eigenvalue weighted by molar-refractivity contribution is -0.129. The van der Waals surface area contributed by atoms with E-state index in [1.165, 1.54) is 57.8 Å². The SMILES string of the molecule is [CH2+]CCNC(=O)c1ccc(C=NCCNC(=O)C(CC(C)N)NC(=O)CCCCCCC/C=C\CCCCCCCC)cc1. The average molecular weight is 611 g/mol. The summed E-state index contributed by atoms with van der Waals surface area (Å²) in [7, 11) is 0. The van der Waals surface area contributed by atoms with Gasteiger partial charge in [-0.2, -0.15) is 0 Å². The van der Waals surface area contributed by atoms with Crippen molar-refractivity contribution in [3.63, 3.8) is 0 Å². The van der Waals surface area contributed by atoms with Crippen LogP contribution in [-0.2, 0) is 9.59 Å². The number of nitrogens with one attached hydrogen (secondary N) is 3. The van der Waals surface area contributed by atoms with Crippen LogP contribution in [0.2, 0.25) is 0 Å². The van der Waals surface area contributed by atoms with Crippen molar-refractivity contribution in [2.24, 2.45) is 10.7 Å². The van der Waals surface area contributed by atoms with E-state index in [0.717, 1.165) is 31.2 Å². The zero-order chi connectivity index (χ0) is 32.3. The number of nitrogens with two attached hydrogens (primary N) is 1. The molecule has 0 aromatic heterocycles. The van der Waals surface area contributed by atoms with Crippen LogP contribution in [0.3, 0.4) is 0 Å². The van der Waals surface area contributed by atoms with Crippen molar-refractivity contribution in [3.8, 4) is 0 Å². The maximum Gasteiger partial charge on any atom is 0.251 e. The van der Waals surface area contributed by atoms with Crippen LogP contribution < -0.4 is 21.7 Å². The third-order valence-corrected chi connectivity index (χ3v) is 7.34. The highest BCUT2D eigenvalue weighted by molar-refractivity contribution is 5.95. The second-order valence-electron chi connectivity index (χ2n) is 11.7. The van der Waals surface area contributed by atoms with Gasteiger partial charge in [-0.1, -0.05) is 82.6 Å². The number of hydrogen-bond acceptors (Lipinski definition) is 5.